The third-order valence-electron chi connectivity index (χ3n) is 2.77. The van der Waals surface area contributed by atoms with Crippen LogP contribution in [0.25, 0.3) is 0 Å². The smallest absolute Gasteiger partial charge is 0.286 e. The average Bonchev–Trinajstić information content (AvgIpc) is 2.95. The predicted octanol–water partition coefficient (Wildman–Crippen LogP) is 0.998. The van der Waals surface area contributed by atoms with Crippen molar-refractivity contribution < 1.29 is 19.5 Å². The quantitative estimate of drug-likeness (QED) is 0.498. The molecule has 2 aromatic rings. The van der Waals surface area contributed by atoms with E-state index < -0.39 is 11.8 Å². The number of hydrazine groups is 1. The largest absolute Gasteiger partial charge is 0.507 e. The highest BCUT2D eigenvalue weighted by Gasteiger charge is 2.13. The highest BCUT2D eigenvalue weighted by molar-refractivity contribution is 6.01. The number of phenolic OH excluding ortho intramolecular Hbond substituents is 1. The van der Waals surface area contributed by atoms with Crippen molar-refractivity contribution in [1.29, 1.82) is 0 Å². The van der Waals surface area contributed by atoms with Crippen LogP contribution >= 0.6 is 0 Å². The van der Waals surface area contributed by atoms with E-state index in [9.17, 15) is 19.5 Å². The van der Waals surface area contributed by atoms with Crippen molar-refractivity contribution in [2.45, 2.75) is 6.92 Å². The Morgan fingerprint density at radius 1 is 1.10 bits per heavy atom. The first-order chi connectivity index (χ1) is 9.99. The lowest BCUT2D eigenvalue weighted by Crippen LogP contribution is -2.41. The predicted molar refractivity (Wildman–Crippen MR) is 73.8 cm³/mol. The number of aromatic hydroxyl groups is 1. The Morgan fingerprint density at radius 3 is 2.38 bits per heavy atom. The zero-order chi connectivity index (χ0) is 15.4. The molecule has 7 heteroatoms. The summed E-state index contributed by atoms with van der Waals surface area (Å²) in [6.07, 6.45) is 1.40. The third-order valence-corrected chi connectivity index (χ3v) is 2.77. The first-order valence-electron chi connectivity index (χ1n) is 6.07. The standard InChI is InChI=1S/C14H13N3O4/c1-8(18)9-6-11(15-7-9)14(21)17-16-13(20)10-4-2-3-5-12(10)19/h2-7,15,19H,1H3,(H,16,20)(H,17,21). The SMILES string of the molecule is CC(=O)c1c[nH]c(C(=O)NNC(=O)c2ccccc2O)c1. The topological polar surface area (TPSA) is 111 Å². The Morgan fingerprint density at radius 2 is 1.76 bits per heavy atom. The molecule has 4 N–H and O–H groups in total. The number of aromatic nitrogens is 1. The van der Waals surface area contributed by atoms with Gasteiger partial charge in [0.05, 0.1) is 5.56 Å². The molecular formula is C14H13N3O4. The number of hydrogen-bond donors (Lipinski definition) is 4. The van der Waals surface area contributed by atoms with E-state index >= 15 is 0 Å². The van der Waals surface area contributed by atoms with Gasteiger partial charge in [0.1, 0.15) is 11.4 Å². The van der Waals surface area contributed by atoms with Crippen molar-refractivity contribution >= 4 is 17.6 Å². The highest BCUT2D eigenvalue weighted by atomic mass is 16.3. The van der Waals surface area contributed by atoms with Crippen LogP contribution < -0.4 is 10.9 Å². The second kappa shape index (κ2) is 5.91. The average molecular weight is 287 g/mol. The molecule has 0 spiro atoms. The van der Waals surface area contributed by atoms with E-state index in [0.717, 1.165) is 0 Å². The minimum Gasteiger partial charge on any atom is -0.507 e. The minimum atomic E-state index is -0.653. The Labute approximate surface area is 120 Å². The normalized spacial score (nSPS) is 9.95. The summed E-state index contributed by atoms with van der Waals surface area (Å²) in [7, 11) is 0. The van der Waals surface area contributed by atoms with E-state index in [0.29, 0.717) is 5.56 Å². The summed E-state index contributed by atoms with van der Waals surface area (Å²) in [6.45, 7) is 1.38. The number of nitrogens with one attached hydrogen (secondary N) is 3. The number of Topliss-reactive ketones (excluding diaryl/α,β-unsaturated/α-hetero) is 1. The maximum Gasteiger partial charge on any atom is 0.286 e. The molecule has 0 unspecified atom stereocenters. The zero-order valence-electron chi connectivity index (χ0n) is 11.1. The number of carbonyl (C=O) groups is 3. The van der Waals surface area contributed by atoms with Crippen LogP contribution in [0, 0.1) is 0 Å². The third kappa shape index (κ3) is 3.27. The van der Waals surface area contributed by atoms with Crippen molar-refractivity contribution in [1.82, 2.24) is 15.8 Å². The Balaban J connectivity index is 1.99. The molecular weight excluding hydrogens is 274 g/mol. The van der Waals surface area contributed by atoms with Gasteiger partial charge in [-0.2, -0.15) is 0 Å². The van der Waals surface area contributed by atoms with Gasteiger partial charge in [0.15, 0.2) is 5.78 Å². The number of rotatable bonds is 3. The van der Waals surface area contributed by atoms with Crippen LogP contribution in [0.15, 0.2) is 36.5 Å². The van der Waals surface area contributed by atoms with Gasteiger partial charge in [0, 0.05) is 11.8 Å². The summed E-state index contributed by atoms with van der Waals surface area (Å²) in [5.74, 6) is -1.63. The Hall–Kier alpha value is -3.09. The van der Waals surface area contributed by atoms with Crippen LogP contribution in [-0.2, 0) is 0 Å². The van der Waals surface area contributed by atoms with Gasteiger partial charge in [-0.05, 0) is 25.1 Å². The number of para-hydroxylation sites is 1. The fraction of sp³-hybridized carbons (Fsp3) is 0.0714. The van der Waals surface area contributed by atoms with E-state index in [1.165, 1.54) is 31.3 Å². The number of H-pyrrole nitrogens is 1. The second-order valence-corrected chi connectivity index (χ2v) is 4.28. The van der Waals surface area contributed by atoms with Gasteiger partial charge >= 0.3 is 0 Å². The van der Waals surface area contributed by atoms with Crippen LogP contribution in [-0.4, -0.2) is 27.7 Å². The fourth-order valence-electron chi connectivity index (χ4n) is 1.64. The van der Waals surface area contributed by atoms with Crippen LogP contribution in [0.1, 0.15) is 38.1 Å². The first kappa shape index (κ1) is 14.3. The van der Waals surface area contributed by atoms with Gasteiger partial charge in [-0.3, -0.25) is 25.2 Å². The Kier molecular flexibility index (Phi) is 4.03. The molecule has 0 aliphatic rings. The monoisotopic (exact) mass is 287 g/mol. The lowest BCUT2D eigenvalue weighted by atomic mass is 10.2. The molecule has 108 valence electrons. The molecule has 1 aromatic carbocycles. The van der Waals surface area contributed by atoms with E-state index in [1.807, 2.05) is 0 Å². The van der Waals surface area contributed by atoms with Crippen molar-refractivity contribution in [3.63, 3.8) is 0 Å². The number of ketones is 1. The summed E-state index contributed by atoms with van der Waals surface area (Å²) < 4.78 is 0. The Bertz CT molecular complexity index is 706. The van der Waals surface area contributed by atoms with E-state index in [4.69, 9.17) is 0 Å². The van der Waals surface area contributed by atoms with E-state index in [1.54, 1.807) is 12.1 Å². The maximum absolute atomic E-state index is 11.8. The summed E-state index contributed by atoms with van der Waals surface area (Å²) in [6, 6.07) is 7.32. The summed E-state index contributed by atoms with van der Waals surface area (Å²) in [5, 5.41) is 9.51. The number of amides is 2. The lowest BCUT2D eigenvalue weighted by molar-refractivity contribution is 0.0842. The van der Waals surface area contributed by atoms with Crippen LogP contribution in [0.3, 0.4) is 0 Å². The fourth-order valence-corrected chi connectivity index (χ4v) is 1.64. The number of carbonyl (C=O) groups excluding carboxylic acids is 3. The molecule has 1 heterocycles. The van der Waals surface area contributed by atoms with Gasteiger partial charge in [-0.1, -0.05) is 12.1 Å². The molecule has 0 saturated heterocycles. The molecule has 21 heavy (non-hydrogen) atoms. The van der Waals surface area contributed by atoms with Crippen molar-refractivity contribution in [3.05, 3.63) is 53.3 Å². The molecule has 7 nitrogen and oxygen atoms in total. The number of aromatic amines is 1. The molecule has 2 amide bonds. The molecule has 0 saturated carbocycles. The van der Waals surface area contributed by atoms with Crippen molar-refractivity contribution in [2.24, 2.45) is 0 Å². The van der Waals surface area contributed by atoms with Gasteiger partial charge < -0.3 is 10.1 Å². The molecule has 1 aromatic heterocycles. The van der Waals surface area contributed by atoms with Crippen molar-refractivity contribution in [3.8, 4) is 5.75 Å². The molecule has 0 aliphatic heterocycles. The summed E-state index contributed by atoms with van der Waals surface area (Å²) >= 11 is 0. The molecule has 0 atom stereocenters. The summed E-state index contributed by atoms with van der Waals surface area (Å²) in [5.41, 5.74) is 4.90. The number of hydrogen-bond acceptors (Lipinski definition) is 4. The van der Waals surface area contributed by atoms with E-state index in [2.05, 4.69) is 15.8 Å². The van der Waals surface area contributed by atoms with Crippen LogP contribution in [0.2, 0.25) is 0 Å². The molecule has 0 radical (unpaired) electrons. The minimum absolute atomic E-state index is 0.0358. The molecule has 0 fully saturated rings. The highest BCUT2D eigenvalue weighted by Crippen LogP contribution is 2.14. The molecule has 0 aliphatic carbocycles. The van der Waals surface area contributed by atoms with Gasteiger partial charge in [0.2, 0.25) is 0 Å². The number of benzene rings is 1. The van der Waals surface area contributed by atoms with Crippen LogP contribution in [0.5, 0.6) is 5.75 Å². The van der Waals surface area contributed by atoms with Crippen LogP contribution in [0.4, 0.5) is 0 Å². The first-order valence-corrected chi connectivity index (χ1v) is 6.07. The molecule has 2 rings (SSSR count). The number of phenols is 1. The molecule has 0 bridgehead atoms. The maximum atomic E-state index is 11.8. The summed E-state index contributed by atoms with van der Waals surface area (Å²) in [4.78, 5) is 37.3. The van der Waals surface area contributed by atoms with Crippen molar-refractivity contribution in [2.75, 3.05) is 0 Å². The zero-order valence-corrected chi connectivity index (χ0v) is 11.1. The van der Waals surface area contributed by atoms with E-state index in [-0.39, 0.29) is 22.8 Å². The van der Waals surface area contributed by atoms with Gasteiger partial charge in [-0.15, -0.1) is 0 Å². The lowest BCUT2D eigenvalue weighted by Gasteiger charge is -2.07. The van der Waals surface area contributed by atoms with Gasteiger partial charge in [0.25, 0.3) is 11.8 Å². The van der Waals surface area contributed by atoms with Gasteiger partial charge in [-0.25, -0.2) is 0 Å². The second-order valence-electron chi connectivity index (χ2n) is 4.28.